The number of ether oxygens (including phenoxy) is 2. The number of anilines is 1. The van der Waals surface area contributed by atoms with Crippen LogP contribution < -0.4 is 14.4 Å². The Bertz CT molecular complexity index is 1040. The molecule has 7 heteroatoms. The first kappa shape index (κ1) is 19.9. The van der Waals surface area contributed by atoms with Gasteiger partial charge in [-0.1, -0.05) is 12.1 Å². The molecule has 0 saturated heterocycles. The van der Waals surface area contributed by atoms with Gasteiger partial charge in [0.15, 0.2) is 17.3 Å². The summed E-state index contributed by atoms with van der Waals surface area (Å²) in [6.07, 6.45) is 1.48. The number of amides is 1. The molecule has 1 aliphatic carbocycles. The van der Waals surface area contributed by atoms with Crippen LogP contribution in [-0.4, -0.2) is 31.0 Å². The zero-order valence-electron chi connectivity index (χ0n) is 16.8. The van der Waals surface area contributed by atoms with E-state index < -0.39 is 11.7 Å². The molecule has 2 aliphatic rings. The molecule has 6 nitrogen and oxygen atoms in total. The molecule has 1 unspecified atom stereocenters. The van der Waals surface area contributed by atoms with Crippen molar-refractivity contribution in [2.75, 3.05) is 19.1 Å². The Labute approximate surface area is 173 Å². The zero-order valence-corrected chi connectivity index (χ0v) is 16.8. The summed E-state index contributed by atoms with van der Waals surface area (Å²) in [6, 6.07) is 9.30. The van der Waals surface area contributed by atoms with Crippen molar-refractivity contribution in [1.82, 2.24) is 0 Å². The van der Waals surface area contributed by atoms with Gasteiger partial charge in [-0.25, -0.2) is 4.39 Å². The van der Waals surface area contributed by atoms with Crippen molar-refractivity contribution in [2.45, 2.75) is 31.6 Å². The lowest BCUT2D eigenvalue weighted by Gasteiger charge is -2.38. The number of hydrogen-bond acceptors (Lipinski definition) is 5. The van der Waals surface area contributed by atoms with Crippen LogP contribution in [0.15, 0.2) is 47.7 Å². The van der Waals surface area contributed by atoms with E-state index in [2.05, 4.69) is 0 Å². The maximum Gasteiger partial charge on any atom is 0.232 e. The lowest BCUT2D eigenvalue weighted by atomic mass is 9.77. The number of allylic oxidation sites excluding steroid dienone is 2. The number of benzene rings is 2. The summed E-state index contributed by atoms with van der Waals surface area (Å²) in [7, 11) is 2.83. The number of Topliss-reactive ketones (excluding diaryl/α,β-unsaturated/α-hetero) is 1. The molecule has 0 saturated carbocycles. The van der Waals surface area contributed by atoms with Crippen LogP contribution in [0.2, 0.25) is 0 Å². The number of ketones is 1. The summed E-state index contributed by atoms with van der Waals surface area (Å²) < 4.78 is 25.0. The highest BCUT2D eigenvalue weighted by Crippen LogP contribution is 2.47. The summed E-state index contributed by atoms with van der Waals surface area (Å²) >= 11 is 0. The fourth-order valence-electron chi connectivity index (χ4n) is 4.31. The summed E-state index contributed by atoms with van der Waals surface area (Å²) in [4.78, 5) is 27.5. The minimum atomic E-state index is -0.522. The fraction of sp³-hybridized carbons (Fsp3) is 0.304. The molecule has 1 N–H and O–H groups in total. The van der Waals surface area contributed by atoms with E-state index in [9.17, 15) is 19.1 Å². The molecular formula is C23H22FNO5. The number of aromatic hydroxyl groups is 1. The second-order valence-electron chi connectivity index (χ2n) is 7.35. The molecule has 4 rings (SSSR count). The van der Waals surface area contributed by atoms with Crippen molar-refractivity contribution in [2.24, 2.45) is 0 Å². The van der Waals surface area contributed by atoms with Crippen LogP contribution in [0.4, 0.5) is 10.1 Å². The molecule has 30 heavy (non-hydrogen) atoms. The number of halogens is 1. The van der Waals surface area contributed by atoms with E-state index in [0.717, 1.165) is 0 Å². The number of para-hydroxylation sites is 1. The lowest BCUT2D eigenvalue weighted by molar-refractivity contribution is -0.120. The third kappa shape index (κ3) is 3.20. The highest BCUT2D eigenvalue weighted by molar-refractivity contribution is 6.07. The van der Waals surface area contributed by atoms with Crippen molar-refractivity contribution >= 4 is 17.4 Å². The highest BCUT2D eigenvalue weighted by Gasteiger charge is 2.40. The smallest absolute Gasteiger partial charge is 0.232 e. The van der Waals surface area contributed by atoms with Crippen molar-refractivity contribution in [3.8, 4) is 17.2 Å². The van der Waals surface area contributed by atoms with Gasteiger partial charge in [-0.3, -0.25) is 14.5 Å². The third-order valence-electron chi connectivity index (χ3n) is 5.67. The predicted molar refractivity (Wildman–Crippen MR) is 108 cm³/mol. The Morgan fingerprint density at radius 2 is 1.73 bits per heavy atom. The Kier molecular flexibility index (Phi) is 5.20. The van der Waals surface area contributed by atoms with Crippen molar-refractivity contribution < 1.29 is 28.6 Å². The number of phenolic OH excluding ortho intramolecular Hbond substituents is 1. The minimum absolute atomic E-state index is 0.00398. The summed E-state index contributed by atoms with van der Waals surface area (Å²) in [5, 5.41) is 10.2. The molecule has 1 amide bonds. The number of rotatable bonds is 4. The van der Waals surface area contributed by atoms with Gasteiger partial charge >= 0.3 is 0 Å². The highest BCUT2D eigenvalue weighted by atomic mass is 19.1. The number of carbonyl (C=O) groups excluding carboxylic acids is 2. The molecule has 1 aliphatic heterocycles. The fourth-order valence-corrected chi connectivity index (χ4v) is 4.31. The van der Waals surface area contributed by atoms with Crippen LogP contribution in [0.25, 0.3) is 0 Å². The number of methoxy groups -OCH3 is 2. The first-order valence-electron chi connectivity index (χ1n) is 9.74. The van der Waals surface area contributed by atoms with Gasteiger partial charge in [0.05, 0.1) is 19.9 Å². The zero-order chi connectivity index (χ0) is 21.4. The van der Waals surface area contributed by atoms with Gasteiger partial charge in [0, 0.05) is 30.0 Å². The predicted octanol–water partition coefficient (Wildman–Crippen LogP) is 4.08. The number of phenols is 1. The van der Waals surface area contributed by atoms with Crippen LogP contribution >= 0.6 is 0 Å². The minimum Gasteiger partial charge on any atom is -0.502 e. The van der Waals surface area contributed by atoms with Crippen molar-refractivity contribution in [3.05, 3.63) is 59.0 Å². The Hall–Kier alpha value is -3.35. The van der Waals surface area contributed by atoms with E-state index in [4.69, 9.17) is 9.47 Å². The SMILES string of the molecule is COc1cc(C2CC(=O)N(c3ccccc3F)C3=C2C(=O)CCC3)cc(OC)c1O. The maximum atomic E-state index is 14.5. The molecule has 1 heterocycles. The molecule has 0 bridgehead atoms. The molecule has 0 spiro atoms. The summed E-state index contributed by atoms with van der Waals surface area (Å²) in [5.74, 6) is -1.14. The van der Waals surface area contributed by atoms with Crippen LogP contribution in [0.1, 0.15) is 37.2 Å². The van der Waals surface area contributed by atoms with E-state index in [0.29, 0.717) is 36.1 Å². The first-order chi connectivity index (χ1) is 14.5. The molecule has 0 aromatic heterocycles. The van der Waals surface area contributed by atoms with Gasteiger partial charge in [-0.05, 0) is 42.7 Å². The van der Waals surface area contributed by atoms with E-state index in [-0.39, 0.29) is 41.0 Å². The third-order valence-corrected chi connectivity index (χ3v) is 5.67. The monoisotopic (exact) mass is 411 g/mol. The summed E-state index contributed by atoms with van der Waals surface area (Å²) in [6.45, 7) is 0. The van der Waals surface area contributed by atoms with E-state index in [1.165, 1.54) is 25.2 Å². The molecule has 0 fully saturated rings. The van der Waals surface area contributed by atoms with Crippen LogP contribution in [0, 0.1) is 5.82 Å². The standard InChI is InChI=1S/C23H22FNO5/c1-29-19-10-13(11-20(30-2)23(19)28)14-12-21(27)25(16-7-4-3-6-15(16)24)17-8-5-9-18(26)22(14)17/h3-4,6-7,10-11,14,28H,5,8-9,12H2,1-2H3. The number of nitrogens with zero attached hydrogens (tertiary/aromatic N) is 1. The van der Waals surface area contributed by atoms with Gasteiger partial charge in [0.1, 0.15) is 5.82 Å². The van der Waals surface area contributed by atoms with Crippen molar-refractivity contribution in [3.63, 3.8) is 0 Å². The molecule has 156 valence electrons. The quantitative estimate of drug-likeness (QED) is 0.821. The van der Waals surface area contributed by atoms with Crippen LogP contribution in [-0.2, 0) is 9.59 Å². The second kappa shape index (κ2) is 7.82. The second-order valence-corrected chi connectivity index (χ2v) is 7.35. The molecule has 2 aromatic rings. The molecule has 0 radical (unpaired) electrons. The van der Waals surface area contributed by atoms with Crippen LogP contribution in [0.3, 0.4) is 0 Å². The average Bonchev–Trinajstić information content (AvgIpc) is 2.74. The lowest BCUT2D eigenvalue weighted by Crippen LogP contribution is -2.41. The Morgan fingerprint density at radius 3 is 2.37 bits per heavy atom. The Morgan fingerprint density at radius 1 is 1.07 bits per heavy atom. The van der Waals surface area contributed by atoms with Gasteiger partial charge in [-0.15, -0.1) is 0 Å². The molecule has 2 aromatic carbocycles. The first-order valence-corrected chi connectivity index (χ1v) is 9.74. The molecular weight excluding hydrogens is 389 g/mol. The normalized spacial score (nSPS) is 19.0. The van der Waals surface area contributed by atoms with Gasteiger partial charge in [0.2, 0.25) is 11.7 Å². The summed E-state index contributed by atoms with van der Waals surface area (Å²) in [5.41, 5.74) is 1.84. The van der Waals surface area contributed by atoms with E-state index in [1.807, 2.05) is 0 Å². The van der Waals surface area contributed by atoms with E-state index >= 15 is 0 Å². The molecule has 1 atom stereocenters. The average molecular weight is 411 g/mol. The van der Waals surface area contributed by atoms with Gasteiger partial charge in [0.25, 0.3) is 0 Å². The van der Waals surface area contributed by atoms with Crippen molar-refractivity contribution in [1.29, 1.82) is 0 Å². The largest absolute Gasteiger partial charge is 0.502 e. The van der Waals surface area contributed by atoms with Gasteiger partial charge < -0.3 is 14.6 Å². The van der Waals surface area contributed by atoms with E-state index in [1.54, 1.807) is 30.3 Å². The van der Waals surface area contributed by atoms with Crippen LogP contribution in [0.5, 0.6) is 17.2 Å². The van der Waals surface area contributed by atoms with Gasteiger partial charge in [-0.2, -0.15) is 0 Å². The maximum absolute atomic E-state index is 14.5. The topological polar surface area (TPSA) is 76.1 Å². The number of hydrogen-bond donors (Lipinski definition) is 1. The number of carbonyl (C=O) groups is 2. The Balaban J connectivity index is 1.90.